The van der Waals surface area contributed by atoms with Crippen molar-refractivity contribution >= 4 is 23.2 Å². The van der Waals surface area contributed by atoms with Crippen molar-refractivity contribution in [2.75, 3.05) is 0 Å². The lowest BCUT2D eigenvalue weighted by atomic mass is 10.1. The van der Waals surface area contributed by atoms with Crippen molar-refractivity contribution in [1.82, 2.24) is 0 Å². The molecule has 84 valence electrons. The molecular formula is C11H14Cl2O2. The van der Waals surface area contributed by atoms with Crippen LogP contribution in [0.4, 0.5) is 0 Å². The van der Waals surface area contributed by atoms with Crippen LogP contribution in [0.2, 0.25) is 0 Å². The lowest BCUT2D eigenvalue weighted by Gasteiger charge is -2.14. The Morgan fingerprint density at radius 1 is 1.27 bits per heavy atom. The second-order valence-corrected chi connectivity index (χ2v) is 4.68. The molecule has 0 fully saturated rings. The Labute approximate surface area is 99.8 Å². The van der Waals surface area contributed by atoms with E-state index in [1.54, 1.807) is 18.2 Å². The summed E-state index contributed by atoms with van der Waals surface area (Å²) < 4.78 is 5.49. The van der Waals surface area contributed by atoms with E-state index in [0.29, 0.717) is 11.3 Å². The van der Waals surface area contributed by atoms with Crippen molar-refractivity contribution in [1.29, 1.82) is 0 Å². The highest BCUT2D eigenvalue weighted by Crippen LogP contribution is 2.26. The maximum atomic E-state index is 9.64. The van der Waals surface area contributed by atoms with Gasteiger partial charge in [0.15, 0.2) is 0 Å². The van der Waals surface area contributed by atoms with E-state index in [-0.39, 0.29) is 6.10 Å². The van der Waals surface area contributed by atoms with Crippen LogP contribution >= 0.6 is 23.2 Å². The summed E-state index contributed by atoms with van der Waals surface area (Å²) in [6.07, 6.45) is -0.788. The summed E-state index contributed by atoms with van der Waals surface area (Å²) in [5.41, 5.74) is 0.656. The zero-order chi connectivity index (χ0) is 11.4. The highest BCUT2D eigenvalue weighted by Gasteiger charge is 2.16. The molecule has 0 spiro atoms. The molecule has 0 bridgehead atoms. The molecule has 0 aliphatic heterocycles. The monoisotopic (exact) mass is 248 g/mol. The molecule has 4 heteroatoms. The normalized spacial score (nSPS) is 13.3. The van der Waals surface area contributed by atoms with E-state index in [0.717, 1.165) is 0 Å². The van der Waals surface area contributed by atoms with Crippen molar-refractivity contribution in [2.24, 2.45) is 0 Å². The number of halogens is 2. The highest BCUT2D eigenvalue weighted by molar-refractivity contribution is 6.44. The second-order valence-electron chi connectivity index (χ2n) is 3.52. The van der Waals surface area contributed by atoms with E-state index in [1.807, 2.05) is 19.9 Å². The zero-order valence-corrected chi connectivity index (χ0v) is 10.2. The van der Waals surface area contributed by atoms with Gasteiger partial charge in [0.1, 0.15) is 16.7 Å². The Balaban J connectivity index is 2.82. The molecule has 0 amide bonds. The van der Waals surface area contributed by atoms with Gasteiger partial charge < -0.3 is 9.84 Å². The molecule has 0 saturated carbocycles. The van der Waals surface area contributed by atoms with Gasteiger partial charge in [0.05, 0.1) is 6.10 Å². The van der Waals surface area contributed by atoms with Gasteiger partial charge in [-0.3, -0.25) is 0 Å². The minimum absolute atomic E-state index is 0.0974. The molecule has 1 aromatic carbocycles. The molecule has 1 aromatic rings. The Bertz CT molecular complexity index is 313. The number of aliphatic hydroxyl groups is 1. The van der Waals surface area contributed by atoms with Crippen molar-refractivity contribution in [2.45, 2.75) is 30.9 Å². The predicted molar refractivity (Wildman–Crippen MR) is 62.7 cm³/mol. The Morgan fingerprint density at radius 3 is 2.47 bits per heavy atom. The average molecular weight is 249 g/mol. The molecule has 1 N–H and O–H groups in total. The number of alkyl halides is 2. The molecule has 0 heterocycles. The van der Waals surface area contributed by atoms with Crippen molar-refractivity contribution in [3.05, 3.63) is 29.8 Å². The summed E-state index contributed by atoms with van der Waals surface area (Å²) in [6, 6.07) is 7.12. The fourth-order valence-corrected chi connectivity index (χ4v) is 1.48. The van der Waals surface area contributed by atoms with E-state index in [2.05, 4.69) is 0 Å². The molecule has 1 atom stereocenters. The smallest absolute Gasteiger partial charge is 0.137 e. The number of hydrogen-bond acceptors (Lipinski definition) is 2. The van der Waals surface area contributed by atoms with Crippen LogP contribution in [0.1, 0.15) is 25.5 Å². The molecule has 2 nitrogen and oxygen atoms in total. The molecule has 1 rings (SSSR count). The average Bonchev–Trinajstić information content (AvgIpc) is 2.16. The van der Waals surface area contributed by atoms with Gasteiger partial charge in [-0.15, -0.1) is 23.2 Å². The fourth-order valence-electron chi connectivity index (χ4n) is 1.19. The molecule has 15 heavy (non-hydrogen) atoms. The summed E-state index contributed by atoms with van der Waals surface area (Å²) in [4.78, 5) is -0.834. The van der Waals surface area contributed by atoms with Crippen LogP contribution < -0.4 is 4.74 Å². The molecular weight excluding hydrogens is 235 g/mol. The number of aliphatic hydroxyl groups excluding tert-OH is 1. The zero-order valence-electron chi connectivity index (χ0n) is 8.65. The number of ether oxygens (including phenoxy) is 1. The molecule has 0 aliphatic carbocycles. The third-order valence-corrected chi connectivity index (χ3v) is 2.29. The standard InChI is InChI=1S/C11H14Cl2O2/c1-7(2)15-9-5-3-4-8(6-9)10(14)11(12)13/h3-7,10-11,14H,1-2H3. The highest BCUT2D eigenvalue weighted by atomic mass is 35.5. The first kappa shape index (κ1) is 12.6. The van der Waals surface area contributed by atoms with Gasteiger partial charge in [0, 0.05) is 0 Å². The van der Waals surface area contributed by atoms with Crippen molar-refractivity contribution < 1.29 is 9.84 Å². The van der Waals surface area contributed by atoms with Crippen LogP contribution in [0.25, 0.3) is 0 Å². The lowest BCUT2D eigenvalue weighted by Crippen LogP contribution is -2.08. The summed E-state index contributed by atoms with van der Waals surface area (Å²) in [5.74, 6) is 0.704. The molecule has 0 aromatic heterocycles. The third-order valence-electron chi connectivity index (χ3n) is 1.81. The lowest BCUT2D eigenvalue weighted by molar-refractivity contribution is 0.191. The minimum Gasteiger partial charge on any atom is -0.491 e. The summed E-state index contributed by atoms with van der Waals surface area (Å²) in [6.45, 7) is 3.88. The van der Waals surface area contributed by atoms with Crippen LogP contribution in [0.5, 0.6) is 5.75 Å². The first-order chi connectivity index (χ1) is 7.00. The van der Waals surface area contributed by atoms with Gasteiger partial charge in [-0.05, 0) is 31.5 Å². The van der Waals surface area contributed by atoms with Crippen LogP contribution in [-0.2, 0) is 0 Å². The van der Waals surface area contributed by atoms with Crippen molar-refractivity contribution in [3.63, 3.8) is 0 Å². The molecule has 1 unspecified atom stereocenters. The van der Waals surface area contributed by atoms with Crippen LogP contribution in [0.3, 0.4) is 0 Å². The number of rotatable bonds is 4. The van der Waals surface area contributed by atoms with Crippen LogP contribution in [0.15, 0.2) is 24.3 Å². The van der Waals surface area contributed by atoms with E-state index in [4.69, 9.17) is 27.9 Å². The number of benzene rings is 1. The van der Waals surface area contributed by atoms with Crippen LogP contribution in [0, 0.1) is 0 Å². The topological polar surface area (TPSA) is 29.5 Å². The maximum absolute atomic E-state index is 9.64. The predicted octanol–water partition coefficient (Wildman–Crippen LogP) is 3.31. The molecule has 0 saturated heterocycles. The quantitative estimate of drug-likeness (QED) is 0.829. The van der Waals surface area contributed by atoms with Gasteiger partial charge in [0.25, 0.3) is 0 Å². The van der Waals surface area contributed by atoms with Gasteiger partial charge in [-0.2, -0.15) is 0 Å². The van der Waals surface area contributed by atoms with Crippen molar-refractivity contribution in [3.8, 4) is 5.75 Å². The van der Waals surface area contributed by atoms with Gasteiger partial charge in [-0.25, -0.2) is 0 Å². The third kappa shape index (κ3) is 3.90. The van der Waals surface area contributed by atoms with E-state index in [9.17, 15) is 5.11 Å². The summed E-state index contributed by atoms with van der Waals surface area (Å²) in [7, 11) is 0. The Kier molecular flexibility index (Phi) is 4.71. The molecule has 0 aliphatic rings. The number of hydrogen-bond donors (Lipinski definition) is 1. The summed E-state index contributed by atoms with van der Waals surface area (Å²) in [5, 5.41) is 9.64. The SMILES string of the molecule is CC(C)Oc1cccc(C(O)C(Cl)Cl)c1. The largest absolute Gasteiger partial charge is 0.491 e. The molecule has 0 radical (unpaired) electrons. The second kappa shape index (κ2) is 5.59. The van der Waals surface area contributed by atoms with Gasteiger partial charge >= 0.3 is 0 Å². The van der Waals surface area contributed by atoms with Gasteiger partial charge in [-0.1, -0.05) is 12.1 Å². The van der Waals surface area contributed by atoms with Crippen LogP contribution in [-0.4, -0.2) is 16.0 Å². The van der Waals surface area contributed by atoms with E-state index in [1.165, 1.54) is 0 Å². The first-order valence-corrected chi connectivity index (χ1v) is 5.61. The fraction of sp³-hybridized carbons (Fsp3) is 0.455. The van der Waals surface area contributed by atoms with E-state index >= 15 is 0 Å². The Morgan fingerprint density at radius 2 is 1.93 bits per heavy atom. The summed E-state index contributed by atoms with van der Waals surface area (Å²) >= 11 is 11.2. The Hall–Kier alpha value is -0.440. The van der Waals surface area contributed by atoms with Gasteiger partial charge in [0.2, 0.25) is 0 Å². The van der Waals surface area contributed by atoms with E-state index < -0.39 is 10.9 Å². The minimum atomic E-state index is -0.885. The first-order valence-electron chi connectivity index (χ1n) is 4.73. The maximum Gasteiger partial charge on any atom is 0.137 e.